The number of imidazole rings is 2. The van der Waals surface area contributed by atoms with Crippen LogP contribution in [0.3, 0.4) is 0 Å². The fraction of sp³-hybridized carbons (Fsp3) is 0.360. The lowest BCUT2D eigenvalue weighted by Gasteiger charge is -2.31. The highest BCUT2D eigenvalue weighted by Gasteiger charge is 2.27. The maximum absolute atomic E-state index is 13.6. The van der Waals surface area contributed by atoms with Gasteiger partial charge in [-0.25, -0.2) is 26.7 Å². The normalized spacial score (nSPS) is 15.9. The second-order valence-electron chi connectivity index (χ2n) is 9.42. The van der Waals surface area contributed by atoms with Crippen molar-refractivity contribution < 1.29 is 12.8 Å². The first-order valence-electron chi connectivity index (χ1n) is 11.7. The number of nitrogen functional groups attached to an aromatic ring is 1. The molecular formula is C25H29FN6O2S. The monoisotopic (exact) mass is 496 g/mol. The van der Waals surface area contributed by atoms with Crippen LogP contribution in [0.5, 0.6) is 0 Å². The number of nitrogens with zero attached hydrogens (tertiary/aromatic N) is 5. The van der Waals surface area contributed by atoms with Gasteiger partial charge < -0.3 is 15.2 Å². The van der Waals surface area contributed by atoms with E-state index in [1.54, 1.807) is 32.0 Å². The number of hydrogen-bond acceptors (Lipinski definition) is 6. The number of rotatable bonds is 5. The quantitative estimate of drug-likeness (QED) is 0.446. The van der Waals surface area contributed by atoms with E-state index in [0.717, 1.165) is 46.7 Å². The van der Waals surface area contributed by atoms with E-state index in [9.17, 15) is 12.8 Å². The maximum Gasteiger partial charge on any atom is 0.244 e. The molecule has 1 aliphatic rings. The standard InChI is InChI=1S/C25H29FN6O2S/c1-16(2)35(33,34)32-22-14-18(6-9-21(22)29-25(32)27)24-23(17-4-7-19(26)8-5-17)28-15-31(24)20-10-12-30(3)13-11-20/h4-9,14-16,20H,10-13H2,1-3H3,(H2,27,29). The molecule has 2 aromatic carbocycles. The molecule has 2 aromatic heterocycles. The topological polar surface area (TPSA) is 99.0 Å². The van der Waals surface area contributed by atoms with Gasteiger partial charge in [0.1, 0.15) is 5.82 Å². The van der Waals surface area contributed by atoms with Crippen LogP contribution in [0.2, 0.25) is 0 Å². The van der Waals surface area contributed by atoms with Crippen molar-refractivity contribution in [2.24, 2.45) is 0 Å². The molecule has 35 heavy (non-hydrogen) atoms. The molecule has 1 fully saturated rings. The Balaban J connectivity index is 1.72. The molecule has 0 spiro atoms. The Kier molecular flexibility index (Phi) is 5.88. The molecule has 184 valence electrons. The summed E-state index contributed by atoms with van der Waals surface area (Å²) in [7, 11) is -1.61. The van der Waals surface area contributed by atoms with E-state index in [0.29, 0.717) is 16.7 Å². The number of nitrogens with two attached hydrogens (primary N) is 1. The molecule has 0 amide bonds. The van der Waals surface area contributed by atoms with Gasteiger partial charge in [0.25, 0.3) is 0 Å². The van der Waals surface area contributed by atoms with Crippen molar-refractivity contribution in [3.8, 4) is 22.5 Å². The zero-order valence-electron chi connectivity index (χ0n) is 20.0. The van der Waals surface area contributed by atoms with Crippen molar-refractivity contribution in [1.29, 1.82) is 0 Å². The van der Waals surface area contributed by atoms with Gasteiger partial charge >= 0.3 is 0 Å². The number of halogens is 1. The fourth-order valence-electron chi connectivity index (χ4n) is 4.71. The van der Waals surface area contributed by atoms with Gasteiger partial charge in [0.05, 0.1) is 34.0 Å². The van der Waals surface area contributed by atoms with Gasteiger partial charge in [-0.2, -0.15) is 0 Å². The minimum atomic E-state index is -3.72. The van der Waals surface area contributed by atoms with Crippen LogP contribution in [-0.2, 0) is 10.0 Å². The number of likely N-dealkylation sites (tertiary alicyclic amines) is 1. The van der Waals surface area contributed by atoms with Crippen molar-refractivity contribution in [2.45, 2.75) is 38.0 Å². The number of aromatic nitrogens is 4. The average Bonchev–Trinajstić information content (AvgIpc) is 3.40. The molecule has 0 saturated carbocycles. The van der Waals surface area contributed by atoms with Crippen LogP contribution in [-0.4, -0.2) is 57.2 Å². The van der Waals surface area contributed by atoms with Crippen molar-refractivity contribution >= 4 is 27.0 Å². The number of anilines is 1. The highest BCUT2D eigenvalue weighted by atomic mass is 32.2. The van der Waals surface area contributed by atoms with E-state index in [1.165, 1.54) is 12.1 Å². The molecule has 8 nitrogen and oxygen atoms in total. The number of fused-ring (bicyclic) bond motifs is 1. The van der Waals surface area contributed by atoms with Crippen molar-refractivity contribution in [3.05, 3.63) is 54.6 Å². The SMILES string of the molecule is CC(C)S(=O)(=O)n1c(N)nc2ccc(-c3c(-c4ccc(F)cc4)ncn3C3CCN(C)CC3)cc21. The lowest BCUT2D eigenvalue weighted by molar-refractivity contribution is 0.222. The van der Waals surface area contributed by atoms with E-state index in [2.05, 4.69) is 21.5 Å². The molecule has 10 heteroatoms. The van der Waals surface area contributed by atoms with Gasteiger partial charge in [0.15, 0.2) is 0 Å². The summed E-state index contributed by atoms with van der Waals surface area (Å²) < 4.78 is 43.1. The lowest BCUT2D eigenvalue weighted by Crippen LogP contribution is -2.31. The maximum atomic E-state index is 13.6. The third-order valence-electron chi connectivity index (χ3n) is 6.75. The first kappa shape index (κ1) is 23.5. The molecular weight excluding hydrogens is 467 g/mol. The van der Waals surface area contributed by atoms with Crippen molar-refractivity contribution in [2.75, 3.05) is 25.9 Å². The second kappa shape index (κ2) is 8.76. The molecule has 1 saturated heterocycles. The molecule has 4 aromatic rings. The van der Waals surface area contributed by atoms with Gasteiger partial charge in [-0.3, -0.25) is 0 Å². The lowest BCUT2D eigenvalue weighted by atomic mass is 10.0. The summed E-state index contributed by atoms with van der Waals surface area (Å²) in [5, 5.41) is -0.662. The van der Waals surface area contributed by atoms with E-state index in [4.69, 9.17) is 10.7 Å². The Hall–Kier alpha value is -3.24. The Morgan fingerprint density at radius 2 is 1.71 bits per heavy atom. The minimum absolute atomic E-state index is 0.0616. The number of piperidine rings is 1. The summed E-state index contributed by atoms with van der Waals surface area (Å²) in [6.07, 6.45) is 3.78. The minimum Gasteiger partial charge on any atom is -0.368 e. The van der Waals surface area contributed by atoms with Crippen LogP contribution >= 0.6 is 0 Å². The highest BCUT2D eigenvalue weighted by Crippen LogP contribution is 2.37. The molecule has 2 N–H and O–H groups in total. The molecule has 0 bridgehead atoms. The summed E-state index contributed by atoms with van der Waals surface area (Å²) >= 11 is 0. The van der Waals surface area contributed by atoms with Gasteiger partial charge in [-0.15, -0.1) is 0 Å². The van der Waals surface area contributed by atoms with Crippen LogP contribution in [0.4, 0.5) is 10.3 Å². The zero-order chi connectivity index (χ0) is 24.9. The summed E-state index contributed by atoms with van der Waals surface area (Å²) in [6.45, 7) is 5.19. The average molecular weight is 497 g/mol. The summed E-state index contributed by atoms with van der Waals surface area (Å²) in [5.41, 5.74) is 10.2. The first-order valence-corrected chi connectivity index (χ1v) is 13.2. The molecule has 0 unspecified atom stereocenters. The molecule has 1 aliphatic heterocycles. The zero-order valence-corrected chi connectivity index (χ0v) is 20.8. The largest absolute Gasteiger partial charge is 0.368 e. The molecule has 0 radical (unpaired) electrons. The Labute approximate surface area is 204 Å². The third kappa shape index (κ3) is 4.10. The Bertz CT molecular complexity index is 1480. The van der Waals surface area contributed by atoms with Gasteiger partial charge in [0.2, 0.25) is 16.0 Å². The summed E-state index contributed by atoms with van der Waals surface area (Å²) in [6, 6.07) is 12.0. The van der Waals surface area contributed by atoms with Crippen LogP contribution in [0, 0.1) is 5.82 Å². The molecule has 3 heterocycles. The smallest absolute Gasteiger partial charge is 0.244 e. The number of hydrogen-bond donors (Lipinski definition) is 1. The van der Waals surface area contributed by atoms with E-state index in [-0.39, 0.29) is 17.8 Å². The Morgan fingerprint density at radius 3 is 2.37 bits per heavy atom. The van der Waals surface area contributed by atoms with E-state index < -0.39 is 15.3 Å². The van der Waals surface area contributed by atoms with Crippen LogP contribution < -0.4 is 5.73 Å². The molecule has 0 atom stereocenters. The van der Waals surface area contributed by atoms with Crippen molar-refractivity contribution in [3.63, 3.8) is 0 Å². The highest BCUT2D eigenvalue weighted by molar-refractivity contribution is 7.90. The van der Waals surface area contributed by atoms with Gasteiger partial charge in [-0.1, -0.05) is 6.07 Å². The Morgan fingerprint density at radius 1 is 1.06 bits per heavy atom. The van der Waals surface area contributed by atoms with Crippen LogP contribution in [0.25, 0.3) is 33.5 Å². The van der Waals surface area contributed by atoms with Crippen LogP contribution in [0.15, 0.2) is 48.8 Å². The predicted molar refractivity (Wildman–Crippen MR) is 136 cm³/mol. The third-order valence-corrected chi connectivity index (χ3v) is 8.84. The summed E-state index contributed by atoms with van der Waals surface area (Å²) in [5.74, 6) is -0.377. The van der Waals surface area contributed by atoms with Crippen molar-refractivity contribution in [1.82, 2.24) is 23.4 Å². The predicted octanol–water partition coefficient (Wildman–Crippen LogP) is 4.14. The summed E-state index contributed by atoms with van der Waals surface area (Å²) in [4.78, 5) is 11.3. The van der Waals surface area contributed by atoms with E-state index >= 15 is 0 Å². The second-order valence-corrected chi connectivity index (χ2v) is 11.8. The first-order chi connectivity index (χ1) is 16.7. The van der Waals surface area contributed by atoms with Crippen LogP contribution in [0.1, 0.15) is 32.7 Å². The molecule has 0 aliphatic carbocycles. The fourth-order valence-corrected chi connectivity index (χ4v) is 5.86. The van der Waals surface area contributed by atoms with Gasteiger partial charge in [0, 0.05) is 17.2 Å². The molecule has 5 rings (SSSR count). The van der Waals surface area contributed by atoms with Gasteiger partial charge in [-0.05, 0) is 83.2 Å². The number of benzene rings is 2. The van der Waals surface area contributed by atoms with E-state index in [1.807, 2.05) is 18.5 Å².